The molecule has 0 aromatic heterocycles. The molecule has 7 nitrogen and oxygen atoms in total. The van der Waals surface area contributed by atoms with E-state index in [-0.39, 0.29) is 16.3 Å². The zero-order valence-electron chi connectivity index (χ0n) is 14.3. The SMILES string of the molecule is Cc1ccc(N(C(C)C(=O)Cl)S(=O)(=O)c2cccc([N+](=O)[O-])c2)c(C)c1. The van der Waals surface area contributed by atoms with Crippen LogP contribution in [0.5, 0.6) is 0 Å². The van der Waals surface area contributed by atoms with E-state index in [1.165, 1.54) is 25.1 Å². The largest absolute Gasteiger partial charge is 0.279 e. The average Bonchev–Trinajstić information content (AvgIpc) is 2.56. The molecule has 0 aliphatic rings. The van der Waals surface area contributed by atoms with E-state index in [0.29, 0.717) is 5.56 Å². The highest BCUT2D eigenvalue weighted by molar-refractivity contribution is 7.93. The highest BCUT2D eigenvalue weighted by Crippen LogP contribution is 2.31. The predicted molar refractivity (Wildman–Crippen MR) is 99.0 cm³/mol. The number of rotatable bonds is 6. The Bertz CT molecular complexity index is 975. The molecule has 0 heterocycles. The Morgan fingerprint density at radius 2 is 1.85 bits per heavy atom. The first-order valence-electron chi connectivity index (χ1n) is 7.61. The first-order valence-corrected chi connectivity index (χ1v) is 9.43. The van der Waals surface area contributed by atoms with Gasteiger partial charge in [0.2, 0.25) is 5.24 Å². The molecular weight excluding hydrogens is 380 g/mol. The normalized spacial score (nSPS) is 12.5. The fourth-order valence-electron chi connectivity index (χ4n) is 2.56. The Hall–Kier alpha value is -2.45. The van der Waals surface area contributed by atoms with Crippen molar-refractivity contribution < 1.29 is 18.1 Å². The van der Waals surface area contributed by atoms with Gasteiger partial charge in [0.1, 0.15) is 6.04 Å². The van der Waals surface area contributed by atoms with E-state index in [4.69, 9.17) is 11.6 Å². The number of hydrogen-bond acceptors (Lipinski definition) is 5. The quantitative estimate of drug-likeness (QED) is 0.422. The van der Waals surface area contributed by atoms with Crippen molar-refractivity contribution in [2.75, 3.05) is 4.31 Å². The lowest BCUT2D eigenvalue weighted by molar-refractivity contribution is -0.385. The molecule has 1 atom stereocenters. The summed E-state index contributed by atoms with van der Waals surface area (Å²) < 4.78 is 27.3. The zero-order chi connectivity index (χ0) is 19.6. The van der Waals surface area contributed by atoms with Crippen molar-refractivity contribution >= 4 is 38.2 Å². The van der Waals surface area contributed by atoms with Gasteiger partial charge in [-0.15, -0.1) is 0 Å². The van der Waals surface area contributed by atoms with Gasteiger partial charge in [-0.2, -0.15) is 0 Å². The number of aryl methyl sites for hydroxylation is 2. The minimum Gasteiger partial charge on any atom is -0.279 e. The predicted octanol–water partition coefficient (Wildman–Crippen LogP) is 3.56. The number of hydrogen-bond donors (Lipinski definition) is 0. The van der Waals surface area contributed by atoms with Crippen LogP contribution in [-0.4, -0.2) is 24.6 Å². The summed E-state index contributed by atoms with van der Waals surface area (Å²) in [6, 6.07) is 8.54. The number of anilines is 1. The van der Waals surface area contributed by atoms with Gasteiger partial charge in [0.25, 0.3) is 15.7 Å². The Labute approximate surface area is 156 Å². The minimum atomic E-state index is -4.27. The summed E-state index contributed by atoms with van der Waals surface area (Å²) in [4.78, 5) is 21.7. The van der Waals surface area contributed by atoms with Gasteiger partial charge in [-0.1, -0.05) is 23.8 Å². The number of benzene rings is 2. The molecule has 0 saturated carbocycles. The van der Waals surface area contributed by atoms with Crippen molar-refractivity contribution in [2.45, 2.75) is 31.7 Å². The topological polar surface area (TPSA) is 97.6 Å². The molecule has 0 saturated heterocycles. The smallest absolute Gasteiger partial charge is 0.270 e. The van der Waals surface area contributed by atoms with Crippen LogP contribution >= 0.6 is 11.6 Å². The first-order chi connectivity index (χ1) is 12.1. The third kappa shape index (κ3) is 3.86. The average molecular weight is 397 g/mol. The van der Waals surface area contributed by atoms with Crippen molar-refractivity contribution in [3.63, 3.8) is 0 Å². The van der Waals surface area contributed by atoms with Crippen molar-refractivity contribution in [2.24, 2.45) is 0 Å². The Kier molecular flexibility index (Phi) is 5.68. The van der Waals surface area contributed by atoms with E-state index in [0.717, 1.165) is 15.9 Å². The summed E-state index contributed by atoms with van der Waals surface area (Å²) in [6.45, 7) is 4.93. The van der Waals surface area contributed by atoms with Gasteiger partial charge in [0.15, 0.2) is 0 Å². The van der Waals surface area contributed by atoms with Crippen LogP contribution in [0.3, 0.4) is 0 Å². The maximum Gasteiger partial charge on any atom is 0.270 e. The van der Waals surface area contributed by atoms with E-state index in [1.54, 1.807) is 25.1 Å². The molecule has 0 N–H and O–H groups in total. The van der Waals surface area contributed by atoms with Crippen LogP contribution in [0, 0.1) is 24.0 Å². The molecular formula is C17H17ClN2O5S. The monoisotopic (exact) mass is 396 g/mol. The number of sulfonamides is 1. The maximum atomic E-state index is 13.2. The second-order valence-corrected chi connectivity index (χ2v) is 8.01. The van der Waals surface area contributed by atoms with E-state index in [1.807, 2.05) is 6.92 Å². The fourth-order valence-corrected chi connectivity index (χ4v) is 4.44. The third-order valence-corrected chi connectivity index (χ3v) is 6.05. The van der Waals surface area contributed by atoms with Gasteiger partial charge in [0, 0.05) is 12.1 Å². The van der Waals surface area contributed by atoms with Gasteiger partial charge >= 0.3 is 0 Å². The molecule has 9 heteroatoms. The number of non-ortho nitro benzene ring substituents is 1. The van der Waals surface area contributed by atoms with Gasteiger partial charge < -0.3 is 0 Å². The van der Waals surface area contributed by atoms with E-state index in [9.17, 15) is 23.3 Å². The van der Waals surface area contributed by atoms with E-state index < -0.39 is 26.2 Å². The van der Waals surface area contributed by atoms with Gasteiger partial charge in [-0.3, -0.25) is 19.2 Å². The van der Waals surface area contributed by atoms with Crippen LogP contribution in [-0.2, 0) is 14.8 Å². The Morgan fingerprint density at radius 3 is 2.38 bits per heavy atom. The highest BCUT2D eigenvalue weighted by Gasteiger charge is 2.34. The van der Waals surface area contributed by atoms with Crippen LogP contribution in [0.25, 0.3) is 0 Å². The standard InChI is InChI=1S/C17H17ClN2O5S/c1-11-7-8-16(12(2)9-11)19(13(3)17(18)21)26(24,25)15-6-4-5-14(10-15)20(22)23/h4-10,13H,1-3H3. The van der Waals surface area contributed by atoms with E-state index in [2.05, 4.69) is 0 Å². The van der Waals surface area contributed by atoms with Gasteiger partial charge in [-0.25, -0.2) is 8.42 Å². The molecule has 1 unspecified atom stereocenters. The van der Waals surface area contributed by atoms with Crippen LogP contribution < -0.4 is 4.31 Å². The summed E-state index contributed by atoms with van der Waals surface area (Å²) in [5.74, 6) is 0. The fraction of sp³-hybridized carbons (Fsp3) is 0.235. The number of nitrogens with zero attached hydrogens (tertiary/aromatic N) is 2. The maximum absolute atomic E-state index is 13.2. The molecule has 138 valence electrons. The van der Waals surface area contributed by atoms with Gasteiger partial charge in [0.05, 0.1) is 15.5 Å². The molecule has 0 spiro atoms. The number of nitro groups is 1. The Balaban J connectivity index is 2.70. The summed E-state index contributed by atoms with van der Waals surface area (Å²) in [6.07, 6.45) is 0. The van der Waals surface area contributed by atoms with Crippen molar-refractivity contribution in [3.05, 3.63) is 63.7 Å². The molecule has 0 amide bonds. The number of nitro benzene ring substituents is 1. The summed E-state index contributed by atoms with van der Waals surface area (Å²) in [5, 5.41) is 10.1. The molecule has 0 aliphatic carbocycles. The summed E-state index contributed by atoms with van der Waals surface area (Å²) in [7, 11) is -4.27. The van der Waals surface area contributed by atoms with Crippen LogP contribution in [0.4, 0.5) is 11.4 Å². The minimum absolute atomic E-state index is 0.281. The molecule has 26 heavy (non-hydrogen) atoms. The zero-order valence-corrected chi connectivity index (χ0v) is 15.9. The lowest BCUT2D eigenvalue weighted by atomic mass is 10.1. The second kappa shape index (κ2) is 7.43. The first kappa shape index (κ1) is 19.9. The number of carbonyl (C=O) groups is 1. The molecule has 2 rings (SSSR count). The van der Waals surface area contributed by atoms with Crippen molar-refractivity contribution in [1.29, 1.82) is 0 Å². The molecule has 2 aromatic carbocycles. The highest BCUT2D eigenvalue weighted by atomic mass is 35.5. The molecule has 0 fully saturated rings. The number of halogens is 1. The van der Waals surface area contributed by atoms with Crippen molar-refractivity contribution in [3.8, 4) is 0 Å². The molecule has 0 radical (unpaired) electrons. The van der Waals surface area contributed by atoms with Crippen LogP contribution in [0.2, 0.25) is 0 Å². The third-order valence-electron chi connectivity index (χ3n) is 3.86. The number of carbonyl (C=O) groups excluding carboxylic acids is 1. The molecule has 2 aromatic rings. The second-order valence-electron chi connectivity index (χ2n) is 5.83. The molecule has 0 aliphatic heterocycles. The lowest BCUT2D eigenvalue weighted by Crippen LogP contribution is -2.42. The Morgan fingerprint density at radius 1 is 1.19 bits per heavy atom. The van der Waals surface area contributed by atoms with Gasteiger partial charge in [-0.05, 0) is 50.1 Å². The van der Waals surface area contributed by atoms with Crippen LogP contribution in [0.1, 0.15) is 18.1 Å². The van der Waals surface area contributed by atoms with Crippen molar-refractivity contribution in [1.82, 2.24) is 0 Å². The summed E-state index contributed by atoms with van der Waals surface area (Å²) >= 11 is 5.58. The summed E-state index contributed by atoms with van der Waals surface area (Å²) in [5.41, 5.74) is 1.47. The molecule has 0 bridgehead atoms. The van der Waals surface area contributed by atoms with Crippen LogP contribution in [0.15, 0.2) is 47.4 Å². The lowest BCUT2D eigenvalue weighted by Gasteiger charge is -2.29. The van der Waals surface area contributed by atoms with E-state index >= 15 is 0 Å².